The number of hydrogen-bond acceptors (Lipinski definition) is 5. The Morgan fingerprint density at radius 3 is 2.83 bits per heavy atom. The molecule has 1 aliphatic heterocycles. The molecule has 2 aromatic rings. The molecule has 0 aliphatic carbocycles. The van der Waals surface area contributed by atoms with Crippen molar-refractivity contribution in [3.8, 4) is 11.5 Å². The van der Waals surface area contributed by atoms with Crippen molar-refractivity contribution >= 4 is 5.91 Å². The Kier molecular flexibility index (Phi) is 4.13. The molecule has 120 valence electrons. The number of carbonyl (C=O) groups excluding carboxylic acids is 1. The molecule has 23 heavy (non-hydrogen) atoms. The number of hydrogen-bond donors (Lipinski definition) is 2. The van der Waals surface area contributed by atoms with E-state index in [0.717, 1.165) is 4.57 Å². The zero-order chi connectivity index (χ0) is 16.2. The van der Waals surface area contributed by atoms with Crippen molar-refractivity contribution in [2.45, 2.75) is 12.6 Å². The lowest BCUT2D eigenvalue weighted by atomic mass is 10.2. The fourth-order valence-corrected chi connectivity index (χ4v) is 2.17. The van der Waals surface area contributed by atoms with Gasteiger partial charge in [0.05, 0.1) is 6.54 Å². The molecule has 1 amide bonds. The monoisotopic (exact) mass is 317 g/mol. The molecular weight excluding hydrogens is 302 g/mol. The second-order valence-corrected chi connectivity index (χ2v) is 5.04. The number of nitrogens with one attached hydrogen (secondary N) is 2. The van der Waals surface area contributed by atoms with E-state index in [1.165, 1.54) is 12.3 Å². The van der Waals surface area contributed by atoms with Gasteiger partial charge in [-0.2, -0.15) is 0 Å². The molecule has 2 heterocycles. The van der Waals surface area contributed by atoms with Crippen LogP contribution in [0.25, 0.3) is 0 Å². The quantitative estimate of drug-likeness (QED) is 0.791. The number of carbonyl (C=O) groups is 1. The molecule has 0 radical (unpaired) electrons. The van der Waals surface area contributed by atoms with Crippen LogP contribution in [0.1, 0.15) is 0 Å². The second kappa shape index (κ2) is 6.39. The Hall–Kier alpha value is -3.03. The maximum Gasteiger partial charge on any atom is 0.328 e. The van der Waals surface area contributed by atoms with Gasteiger partial charge in [-0.1, -0.05) is 12.1 Å². The number of nitrogens with zero attached hydrogens (tertiary/aromatic N) is 1. The molecule has 0 saturated carbocycles. The van der Waals surface area contributed by atoms with Crippen LogP contribution in [0.4, 0.5) is 0 Å². The number of amides is 1. The van der Waals surface area contributed by atoms with E-state index in [-0.39, 0.29) is 25.1 Å². The SMILES string of the molecule is O=C(Cn1ccc(=O)[nH]c1=O)NCC1COc2ccccc2O1. The highest BCUT2D eigenvalue weighted by atomic mass is 16.6. The Bertz CT molecular complexity index is 826. The average molecular weight is 317 g/mol. The zero-order valence-corrected chi connectivity index (χ0v) is 12.2. The van der Waals surface area contributed by atoms with Gasteiger partial charge in [0.2, 0.25) is 5.91 Å². The van der Waals surface area contributed by atoms with Gasteiger partial charge in [-0.15, -0.1) is 0 Å². The van der Waals surface area contributed by atoms with Crippen LogP contribution in [0.2, 0.25) is 0 Å². The first-order valence-electron chi connectivity index (χ1n) is 7.07. The van der Waals surface area contributed by atoms with Crippen molar-refractivity contribution in [3.63, 3.8) is 0 Å². The molecule has 2 N–H and O–H groups in total. The molecule has 0 bridgehead atoms. The predicted molar refractivity (Wildman–Crippen MR) is 80.7 cm³/mol. The number of benzene rings is 1. The highest BCUT2D eigenvalue weighted by molar-refractivity contribution is 5.75. The molecule has 1 aromatic heterocycles. The van der Waals surface area contributed by atoms with Gasteiger partial charge in [-0.3, -0.25) is 19.1 Å². The molecule has 0 spiro atoms. The summed E-state index contributed by atoms with van der Waals surface area (Å²) in [6, 6.07) is 8.48. The molecule has 0 saturated heterocycles. The van der Waals surface area contributed by atoms with Crippen LogP contribution in [-0.4, -0.2) is 34.7 Å². The van der Waals surface area contributed by atoms with E-state index in [1.807, 2.05) is 18.2 Å². The first kappa shape index (κ1) is 14.9. The third-order valence-electron chi connectivity index (χ3n) is 3.31. The minimum Gasteiger partial charge on any atom is -0.486 e. The predicted octanol–water partition coefficient (Wildman–Crippen LogP) is -0.507. The average Bonchev–Trinajstić information content (AvgIpc) is 2.55. The van der Waals surface area contributed by atoms with Crippen LogP contribution in [0.15, 0.2) is 46.1 Å². The molecule has 8 nitrogen and oxygen atoms in total. The minimum atomic E-state index is -0.626. The van der Waals surface area contributed by atoms with Gasteiger partial charge in [0.15, 0.2) is 11.5 Å². The summed E-state index contributed by atoms with van der Waals surface area (Å²) in [4.78, 5) is 36.4. The lowest BCUT2D eigenvalue weighted by molar-refractivity contribution is -0.122. The number of ether oxygens (including phenoxy) is 2. The van der Waals surface area contributed by atoms with Gasteiger partial charge in [0.1, 0.15) is 19.3 Å². The number of rotatable bonds is 4. The smallest absolute Gasteiger partial charge is 0.328 e. The van der Waals surface area contributed by atoms with Crippen LogP contribution < -0.4 is 26.0 Å². The third-order valence-corrected chi connectivity index (χ3v) is 3.31. The van der Waals surface area contributed by atoms with Crippen molar-refractivity contribution in [2.24, 2.45) is 0 Å². The summed E-state index contributed by atoms with van der Waals surface area (Å²) in [5, 5.41) is 2.68. The Morgan fingerprint density at radius 1 is 1.26 bits per heavy atom. The van der Waals surface area contributed by atoms with Crippen LogP contribution in [-0.2, 0) is 11.3 Å². The summed E-state index contributed by atoms with van der Waals surface area (Å²) >= 11 is 0. The summed E-state index contributed by atoms with van der Waals surface area (Å²) in [5.41, 5.74) is -1.13. The fourth-order valence-electron chi connectivity index (χ4n) is 2.17. The van der Waals surface area contributed by atoms with E-state index in [4.69, 9.17) is 9.47 Å². The summed E-state index contributed by atoms with van der Waals surface area (Å²) in [5.74, 6) is 0.950. The van der Waals surface area contributed by atoms with Crippen LogP contribution >= 0.6 is 0 Å². The van der Waals surface area contributed by atoms with Crippen molar-refractivity contribution in [1.82, 2.24) is 14.9 Å². The van der Waals surface area contributed by atoms with Crippen molar-refractivity contribution in [3.05, 3.63) is 57.4 Å². The van der Waals surface area contributed by atoms with Crippen molar-refractivity contribution in [1.29, 1.82) is 0 Å². The number of aromatic amines is 1. The second-order valence-electron chi connectivity index (χ2n) is 5.04. The summed E-state index contributed by atoms with van der Waals surface area (Å²) in [6.45, 7) is 0.404. The third kappa shape index (κ3) is 3.60. The Balaban J connectivity index is 1.54. The van der Waals surface area contributed by atoms with E-state index in [2.05, 4.69) is 10.3 Å². The summed E-state index contributed by atoms with van der Waals surface area (Å²) in [7, 11) is 0. The van der Waals surface area contributed by atoms with Gasteiger partial charge < -0.3 is 14.8 Å². The van der Waals surface area contributed by atoms with Gasteiger partial charge in [0, 0.05) is 12.3 Å². The summed E-state index contributed by atoms with van der Waals surface area (Å²) in [6.07, 6.45) is 0.971. The highest BCUT2D eigenvalue weighted by Gasteiger charge is 2.21. The molecule has 1 atom stereocenters. The number of H-pyrrole nitrogens is 1. The van der Waals surface area contributed by atoms with Crippen molar-refractivity contribution < 1.29 is 14.3 Å². The van der Waals surface area contributed by atoms with Gasteiger partial charge in [0.25, 0.3) is 5.56 Å². The van der Waals surface area contributed by atoms with E-state index >= 15 is 0 Å². The van der Waals surface area contributed by atoms with E-state index in [9.17, 15) is 14.4 Å². The molecule has 1 aromatic carbocycles. The number of fused-ring (bicyclic) bond motifs is 1. The lowest BCUT2D eigenvalue weighted by Gasteiger charge is -2.26. The molecule has 1 aliphatic rings. The van der Waals surface area contributed by atoms with Gasteiger partial charge in [-0.05, 0) is 12.1 Å². The van der Waals surface area contributed by atoms with Crippen LogP contribution in [0.5, 0.6) is 11.5 Å². The number of para-hydroxylation sites is 2. The first-order valence-corrected chi connectivity index (χ1v) is 7.07. The fraction of sp³-hybridized carbons (Fsp3) is 0.267. The van der Waals surface area contributed by atoms with E-state index in [0.29, 0.717) is 18.1 Å². The van der Waals surface area contributed by atoms with E-state index < -0.39 is 11.2 Å². The standard InChI is InChI=1S/C15H15N3O5/c19-13-5-6-18(15(21)17-13)8-14(20)16-7-10-9-22-11-3-1-2-4-12(11)23-10/h1-6,10H,7-9H2,(H,16,20)(H,17,19,21). The molecule has 1 unspecified atom stereocenters. The van der Waals surface area contributed by atoms with Crippen LogP contribution in [0, 0.1) is 0 Å². The molecule has 3 rings (SSSR count). The number of aromatic nitrogens is 2. The van der Waals surface area contributed by atoms with Crippen LogP contribution in [0.3, 0.4) is 0 Å². The normalized spacial score (nSPS) is 15.9. The molecule has 8 heteroatoms. The Morgan fingerprint density at radius 2 is 2.04 bits per heavy atom. The topological polar surface area (TPSA) is 102 Å². The van der Waals surface area contributed by atoms with Crippen molar-refractivity contribution in [2.75, 3.05) is 13.2 Å². The molecular formula is C15H15N3O5. The maximum atomic E-state index is 11.9. The summed E-state index contributed by atoms with van der Waals surface area (Å²) < 4.78 is 12.4. The zero-order valence-electron chi connectivity index (χ0n) is 12.2. The largest absolute Gasteiger partial charge is 0.486 e. The first-order chi connectivity index (χ1) is 11.1. The van der Waals surface area contributed by atoms with Gasteiger partial charge >= 0.3 is 5.69 Å². The maximum absolute atomic E-state index is 11.9. The lowest BCUT2D eigenvalue weighted by Crippen LogP contribution is -2.43. The highest BCUT2D eigenvalue weighted by Crippen LogP contribution is 2.30. The molecule has 0 fully saturated rings. The minimum absolute atomic E-state index is 0.181. The van der Waals surface area contributed by atoms with E-state index in [1.54, 1.807) is 6.07 Å². The Labute approximate surface area is 130 Å². The van der Waals surface area contributed by atoms with Gasteiger partial charge in [-0.25, -0.2) is 4.79 Å².